The first kappa shape index (κ1) is 10.2. The molecular weight excluding hydrogens is 172 g/mol. The number of carbonyl (C=O) groups excluding carboxylic acids is 1. The first-order valence-corrected chi connectivity index (χ1v) is 4.36. The van der Waals surface area contributed by atoms with E-state index in [1.54, 1.807) is 19.1 Å². The van der Waals surface area contributed by atoms with E-state index in [0.29, 0.717) is 13.0 Å². The van der Waals surface area contributed by atoms with E-state index >= 15 is 0 Å². The van der Waals surface area contributed by atoms with E-state index < -0.39 is 6.10 Å². The van der Waals surface area contributed by atoms with Gasteiger partial charge in [0.15, 0.2) is 0 Å². The zero-order chi connectivity index (χ0) is 9.68. The highest BCUT2D eigenvalue weighted by atomic mass is 16.6. The summed E-state index contributed by atoms with van der Waals surface area (Å²) >= 11 is 0. The lowest BCUT2D eigenvalue weighted by molar-refractivity contribution is -0.149. The van der Waals surface area contributed by atoms with Gasteiger partial charge in [-0.3, -0.25) is 0 Å². The molecule has 0 fully saturated rings. The molecule has 0 radical (unpaired) electrons. The van der Waals surface area contributed by atoms with Gasteiger partial charge in [-0.05, 0) is 6.92 Å². The highest BCUT2D eigenvalue weighted by molar-refractivity contribution is 5.70. The van der Waals surface area contributed by atoms with Gasteiger partial charge in [-0.15, -0.1) is 0 Å². The van der Waals surface area contributed by atoms with Crippen LogP contribution in [0.25, 0.3) is 0 Å². The number of rotatable bonds is 4. The molecule has 2 atom stereocenters. The van der Waals surface area contributed by atoms with Crippen molar-refractivity contribution in [3.63, 3.8) is 0 Å². The highest BCUT2D eigenvalue weighted by Gasteiger charge is 2.17. The molecule has 4 heteroatoms. The monoisotopic (exact) mass is 186 g/mol. The van der Waals surface area contributed by atoms with Gasteiger partial charge in [-0.25, -0.2) is 4.79 Å². The van der Waals surface area contributed by atoms with E-state index in [-0.39, 0.29) is 18.7 Å². The molecule has 74 valence electrons. The van der Waals surface area contributed by atoms with Crippen LogP contribution in [0, 0.1) is 0 Å². The maximum absolute atomic E-state index is 10.8. The SMILES string of the molecule is CCOC(=O)CO[C@H]1C=C[C@@H](O)C1. The van der Waals surface area contributed by atoms with Gasteiger partial charge in [-0.1, -0.05) is 12.2 Å². The topological polar surface area (TPSA) is 55.8 Å². The minimum atomic E-state index is -0.438. The molecule has 13 heavy (non-hydrogen) atoms. The molecule has 1 rings (SSSR count). The van der Waals surface area contributed by atoms with Crippen molar-refractivity contribution in [1.29, 1.82) is 0 Å². The second-order valence-electron chi connectivity index (χ2n) is 2.84. The Kier molecular flexibility index (Phi) is 3.92. The van der Waals surface area contributed by atoms with Crippen LogP contribution in [-0.2, 0) is 14.3 Å². The summed E-state index contributed by atoms with van der Waals surface area (Å²) in [7, 11) is 0. The summed E-state index contributed by atoms with van der Waals surface area (Å²) in [6, 6.07) is 0. The zero-order valence-corrected chi connectivity index (χ0v) is 7.60. The Bertz CT molecular complexity index is 200. The van der Waals surface area contributed by atoms with Gasteiger partial charge in [0.05, 0.1) is 18.8 Å². The lowest BCUT2D eigenvalue weighted by Crippen LogP contribution is -2.18. The normalized spacial score (nSPS) is 26.3. The Hall–Kier alpha value is -0.870. The van der Waals surface area contributed by atoms with Gasteiger partial charge < -0.3 is 14.6 Å². The summed E-state index contributed by atoms with van der Waals surface area (Å²) in [6.07, 6.45) is 3.35. The molecule has 1 N–H and O–H groups in total. The van der Waals surface area contributed by atoms with Crippen LogP contribution in [0.5, 0.6) is 0 Å². The molecule has 0 amide bonds. The van der Waals surface area contributed by atoms with E-state index in [0.717, 1.165) is 0 Å². The van der Waals surface area contributed by atoms with Gasteiger partial charge in [0, 0.05) is 6.42 Å². The van der Waals surface area contributed by atoms with Crippen LogP contribution in [0.3, 0.4) is 0 Å². The Morgan fingerprint density at radius 2 is 2.38 bits per heavy atom. The fourth-order valence-electron chi connectivity index (χ4n) is 1.15. The van der Waals surface area contributed by atoms with E-state index in [1.165, 1.54) is 0 Å². The molecule has 1 aliphatic rings. The van der Waals surface area contributed by atoms with E-state index in [1.807, 2.05) is 0 Å². The molecule has 0 aromatic carbocycles. The predicted molar refractivity (Wildman–Crippen MR) is 46.1 cm³/mol. The average Bonchev–Trinajstić information content (AvgIpc) is 2.49. The number of carbonyl (C=O) groups is 1. The van der Waals surface area contributed by atoms with Crippen molar-refractivity contribution in [1.82, 2.24) is 0 Å². The molecule has 0 heterocycles. The zero-order valence-electron chi connectivity index (χ0n) is 7.60. The fourth-order valence-corrected chi connectivity index (χ4v) is 1.15. The third-order valence-corrected chi connectivity index (χ3v) is 1.74. The minimum Gasteiger partial charge on any atom is -0.464 e. The van der Waals surface area contributed by atoms with Crippen molar-refractivity contribution in [2.45, 2.75) is 25.6 Å². The highest BCUT2D eigenvalue weighted by Crippen LogP contribution is 2.13. The van der Waals surface area contributed by atoms with Crippen LogP contribution in [0.1, 0.15) is 13.3 Å². The van der Waals surface area contributed by atoms with Crippen molar-refractivity contribution < 1.29 is 19.4 Å². The summed E-state index contributed by atoms with van der Waals surface area (Å²) in [5, 5.41) is 9.09. The molecule has 0 aromatic rings. The van der Waals surface area contributed by atoms with Crippen LogP contribution in [-0.4, -0.2) is 36.5 Å². The third-order valence-electron chi connectivity index (χ3n) is 1.74. The number of aliphatic hydroxyl groups excluding tert-OH is 1. The second kappa shape index (κ2) is 4.99. The van der Waals surface area contributed by atoms with Crippen molar-refractivity contribution in [3.05, 3.63) is 12.2 Å². The largest absolute Gasteiger partial charge is 0.464 e. The van der Waals surface area contributed by atoms with Crippen molar-refractivity contribution >= 4 is 5.97 Å². The van der Waals surface area contributed by atoms with Crippen LogP contribution < -0.4 is 0 Å². The molecule has 4 nitrogen and oxygen atoms in total. The first-order valence-electron chi connectivity index (χ1n) is 4.36. The Balaban J connectivity index is 2.13. The fraction of sp³-hybridized carbons (Fsp3) is 0.667. The van der Waals surface area contributed by atoms with E-state index in [2.05, 4.69) is 4.74 Å². The molecule has 0 unspecified atom stereocenters. The molecule has 0 saturated carbocycles. The Morgan fingerprint density at radius 1 is 1.62 bits per heavy atom. The average molecular weight is 186 g/mol. The van der Waals surface area contributed by atoms with Crippen LogP contribution in [0.4, 0.5) is 0 Å². The molecule has 0 spiro atoms. The number of hydrogen-bond acceptors (Lipinski definition) is 4. The van der Waals surface area contributed by atoms with Gasteiger partial charge in [0.1, 0.15) is 6.61 Å². The Labute approximate surface area is 77.1 Å². The molecule has 1 aliphatic carbocycles. The van der Waals surface area contributed by atoms with Crippen LogP contribution in [0.15, 0.2) is 12.2 Å². The summed E-state index contributed by atoms with van der Waals surface area (Å²) < 4.78 is 9.84. The van der Waals surface area contributed by atoms with Crippen LogP contribution in [0.2, 0.25) is 0 Å². The lowest BCUT2D eigenvalue weighted by Gasteiger charge is -2.09. The maximum Gasteiger partial charge on any atom is 0.332 e. The van der Waals surface area contributed by atoms with Gasteiger partial charge in [-0.2, -0.15) is 0 Å². The van der Waals surface area contributed by atoms with Crippen molar-refractivity contribution in [2.24, 2.45) is 0 Å². The number of ether oxygens (including phenoxy) is 2. The van der Waals surface area contributed by atoms with E-state index in [4.69, 9.17) is 9.84 Å². The Morgan fingerprint density at radius 3 is 2.92 bits per heavy atom. The summed E-state index contributed by atoms with van der Waals surface area (Å²) in [6.45, 7) is 2.07. The van der Waals surface area contributed by atoms with Crippen molar-refractivity contribution in [2.75, 3.05) is 13.2 Å². The molecule has 0 bridgehead atoms. The standard InChI is InChI=1S/C9H14O4/c1-2-12-9(11)6-13-8-4-3-7(10)5-8/h3-4,7-8,10H,2,5-6H2,1H3/t7-,8+/m1/s1. The lowest BCUT2D eigenvalue weighted by atomic mass is 10.3. The van der Waals surface area contributed by atoms with Gasteiger partial charge >= 0.3 is 5.97 Å². The smallest absolute Gasteiger partial charge is 0.332 e. The molecule has 0 saturated heterocycles. The third kappa shape index (κ3) is 3.57. The van der Waals surface area contributed by atoms with Gasteiger partial charge in [0.2, 0.25) is 0 Å². The number of esters is 1. The first-order chi connectivity index (χ1) is 6.22. The van der Waals surface area contributed by atoms with Gasteiger partial charge in [0.25, 0.3) is 0 Å². The predicted octanol–water partition coefficient (Wildman–Crippen LogP) is 0.255. The minimum absolute atomic E-state index is 0.0461. The number of hydrogen-bond donors (Lipinski definition) is 1. The van der Waals surface area contributed by atoms with Crippen molar-refractivity contribution in [3.8, 4) is 0 Å². The quantitative estimate of drug-likeness (QED) is 0.505. The second-order valence-corrected chi connectivity index (χ2v) is 2.84. The van der Waals surface area contributed by atoms with E-state index in [9.17, 15) is 4.79 Å². The molecular formula is C9H14O4. The maximum atomic E-state index is 10.8. The molecule has 0 aliphatic heterocycles. The summed E-state index contributed by atoms with van der Waals surface area (Å²) in [4.78, 5) is 10.8. The summed E-state index contributed by atoms with van der Waals surface area (Å²) in [5.74, 6) is -0.364. The molecule has 0 aromatic heterocycles. The van der Waals surface area contributed by atoms with Crippen LogP contribution >= 0.6 is 0 Å². The summed E-state index contributed by atoms with van der Waals surface area (Å²) in [5.41, 5.74) is 0. The number of aliphatic hydroxyl groups is 1.